The summed E-state index contributed by atoms with van der Waals surface area (Å²) in [6.45, 7) is 6.29. The van der Waals surface area contributed by atoms with Crippen molar-refractivity contribution in [2.24, 2.45) is 0 Å². The van der Waals surface area contributed by atoms with E-state index in [1.54, 1.807) is 18.2 Å². The molecule has 5 nitrogen and oxygen atoms in total. The van der Waals surface area contributed by atoms with Gasteiger partial charge in [0.1, 0.15) is 5.70 Å². The van der Waals surface area contributed by atoms with Gasteiger partial charge in [-0.25, -0.2) is 0 Å². The largest absolute Gasteiger partial charge is 0.379 e. The first-order valence-electron chi connectivity index (χ1n) is 9.32. The Bertz CT molecular complexity index is 770. The van der Waals surface area contributed by atoms with E-state index in [0.29, 0.717) is 46.5 Å². The van der Waals surface area contributed by atoms with Crippen LogP contribution in [-0.4, -0.2) is 54.0 Å². The molecule has 1 aromatic carbocycles. The molecule has 0 radical (unpaired) electrons. The molecule has 0 N–H and O–H groups in total. The van der Waals surface area contributed by atoms with Gasteiger partial charge < -0.3 is 9.64 Å². The minimum atomic E-state index is -0.296. The summed E-state index contributed by atoms with van der Waals surface area (Å²) < 4.78 is 5.53. The number of likely N-dealkylation sites (tertiary alicyclic amines) is 1. The van der Waals surface area contributed by atoms with Crippen LogP contribution in [0, 0.1) is 0 Å². The van der Waals surface area contributed by atoms with E-state index in [1.165, 1.54) is 4.90 Å². The summed E-state index contributed by atoms with van der Waals surface area (Å²) in [6.07, 6.45) is 2.74. The van der Waals surface area contributed by atoms with Gasteiger partial charge in [-0.05, 0) is 45.2 Å². The molecule has 1 fully saturated rings. The Morgan fingerprint density at radius 2 is 1.81 bits per heavy atom. The highest BCUT2D eigenvalue weighted by Gasteiger charge is 2.42. The number of benzene rings is 1. The van der Waals surface area contributed by atoms with Gasteiger partial charge in [0, 0.05) is 36.8 Å². The minimum Gasteiger partial charge on any atom is -0.379 e. The zero-order valence-corrected chi connectivity index (χ0v) is 17.1. The normalized spacial score (nSPS) is 17.8. The molecule has 0 aromatic heterocycles. The standard InChI is InChI=1S/C20H24Cl2N2O3/c1-13(2)27-11-5-10-24-19(25)17(15-7-6-14(21)12-16(15)22)18(20(24)26)23-8-3-4-9-23/h6-7,12-13H,3-5,8-11H2,1-2H3. The lowest BCUT2D eigenvalue weighted by Crippen LogP contribution is -2.35. The zero-order chi connectivity index (χ0) is 19.6. The quantitative estimate of drug-likeness (QED) is 0.503. The molecule has 1 aromatic rings. The summed E-state index contributed by atoms with van der Waals surface area (Å²) in [5.74, 6) is -0.539. The number of ether oxygens (including phenoxy) is 1. The third-order valence-electron chi connectivity index (χ3n) is 4.74. The SMILES string of the molecule is CC(C)OCCCN1C(=O)C(c2ccc(Cl)cc2Cl)=C(N2CCCC2)C1=O. The van der Waals surface area contributed by atoms with Crippen LogP contribution in [0.1, 0.15) is 38.7 Å². The van der Waals surface area contributed by atoms with Crippen LogP contribution in [0.25, 0.3) is 5.57 Å². The molecule has 2 aliphatic rings. The number of rotatable bonds is 7. The van der Waals surface area contributed by atoms with E-state index in [2.05, 4.69) is 0 Å². The number of carbonyl (C=O) groups is 2. The van der Waals surface area contributed by atoms with Crippen LogP contribution >= 0.6 is 23.2 Å². The Hall–Kier alpha value is -1.56. The second kappa shape index (κ2) is 8.63. The third-order valence-corrected chi connectivity index (χ3v) is 5.29. The van der Waals surface area contributed by atoms with E-state index in [0.717, 1.165) is 25.9 Å². The van der Waals surface area contributed by atoms with Crippen LogP contribution in [-0.2, 0) is 14.3 Å². The Balaban J connectivity index is 1.90. The lowest BCUT2D eigenvalue weighted by Gasteiger charge is -2.20. The molecular formula is C20H24Cl2N2O3. The summed E-state index contributed by atoms with van der Waals surface area (Å²) in [4.78, 5) is 29.5. The summed E-state index contributed by atoms with van der Waals surface area (Å²) in [5, 5.41) is 0.867. The Morgan fingerprint density at radius 3 is 2.44 bits per heavy atom. The lowest BCUT2D eigenvalue weighted by atomic mass is 10.0. The summed E-state index contributed by atoms with van der Waals surface area (Å²) in [6, 6.07) is 5.00. The van der Waals surface area contributed by atoms with Gasteiger partial charge >= 0.3 is 0 Å². The number of hydrogen-bond donors (Lipinski definition) is 0. The van der Waals surface area contributed by atoms with E-state index in [4.69, 9.17) is 27.9 Å². The van der Waals surface area contributed by atoms with E-state index < -0.39 is 0 Å². The Morgan fingerprint density at radius 1 is 1.11 bits per heavy atom. The van der Waals surface area contributed by atoms with Crippen LogP contribution in [0.2, 0.25) is 10.0 Å². The molecule has 0 saturated carbocycles. The van der Waals surface area contributed by atoms with Crippen molar-refractivity contribution in [3.05, 3.63) is 39.5 Å². The number of carbonyl (C=O) groups excluding carboxylic acids is 2. The van der Waals surface area contributed by atoms with Crippen molar-refractivity contribution < 1.29 is 14.3 Å². The highest BCUT2D eigenvalue weighted by Crippen LogP contribution is 2.37. The number of amides is 2. The molecule has 0 aliphatic carbocycles. The molecule has 7 heteroatoms. The van der Waals surface area contributed by atoms with Crippen molar-refractivity contribution >= 4 is 40.6 Å². The van der Waals surface area contributed by atoms with Gasteiger partial charge in [-0.3, -0.25) is 14.5 Å². The van der Waals surface area contributed by atoms with Gasteiger partial charge in [0.15, 0.2) is 0 Å². The first-order chi connectivity index (χ1) is 12.9. The van der Waals surface area contributed by atoms with E-state index in [-0.39, 0.29) is 17.9 Å². The second-order valence-electron chi connectivity index (χ2n) is 7.08. The van der Waals surface area contributed by atoms with E-state index in [1.807, 2.05) is 18.7 Å². The third kappa shape index (κ3) is 4.31. The highest BCUT2D eigenvalue weighted by atomic mass is 35.5. The summed E-state index contributed by atoms with van der Waals surface area (Å²) in [7, 11) is 0. The van der Waals surface area contributed by atoms with Gasteiger partial charge in [-0.1, -0.05) is 29.3 Å². The van der Waals surface area contributed by atoms with Crippen LogP contribution in [0.4, 0.5) is 0 Å². The van der Waals surface area contributed by atoms with Crippen molar-refractivity contribution in [1.29, 1.82) is 0 Å². The van der Waals surface area contributed by atoms with Crippen molar-refractivity contribution in [2.75, 3.05) is 26.2 Å². The van der Waals surface area contributed by atoms with Crippen molar-refractivity contribution in [1.82, 2.24) is 9.80 Å². The molecule has 27 heavy (non-hydrogen) atoms. The predicted molar refractivity (Wildman–Crippen MR) is 107 cm³/mol. The summed E-state index contributed by atoms with van der Waals surface area (Å²) >= 11 is 12.4. The molecule has 3 rings (SSSR count). The Labute approximate surface area is 169 Å². The molecule has 0 bridgehead atoms. The van der Waals surface area contributed by atoms with Crippen LogP contribution in [0.15, 0.2) is 23.9 Å². The van der Waals surface area contributed by atoms with E-state index in [9.17, 15) is 9.59 Å². The van der Waals surface area contributed by atoms with Gasteiger partial charge in [0.25, 0.3) is 11.8 Å². The molecule has 2 heterocycles. The van der Waals surface area contributed by atoms with Crippen LogP contribution in [0.3, 0.4) is 0 Å². The fourth-order valence-corrected chi connectivity index (χ4v) is 3.98. The van der Waals surface area contributed by atoms with Crippen molar-refractivity contribution in [3.8, 4) is 0 Å². The molecule has 2 amide bonds. The zero-order valence-electron chi connectivity index (χ0n) is 15.6. The van der Waals surface area contributed by atoms with Gasteiger partial charge in [-0.15, -0.1) is 0 Å². The highest BCUT2D eigenvalue weighted by molar-refractivity contribution is 6.41. The van der Waals surface area contributed by atoms with Crippen molar-refractivity contribution in [3.63, 3.8) is 0 Å². The minimum absolute atomic E-state index is 0.122. The predicted octanol–water partition coefficient (Wildman–Crippen LogP) is 3.98. The van der Waals surface area contributed by atoms with Crippen LogP contribution in [0.5, 0.6) is 0 Å². The molecule has 146 valence electrons. The number of halogens is 2. The second-order valence-corrected chi connectivity index (χ2v) is 7.92. The average molecular weight is 411 g/mol. The van der Waals surface area contributed by atoms with Crippen molar-refractivity contribution in [2.45, 2.75) is 39.2 Å². The van der Waals surface area contributed by atoms with Gasteiger partial charge in [0.05, 0.1) is 16.7 Å². The van der Waals surface area contributed by atoms with E-state index >= 15 is 0 Å². The fourth-order valence-electron chi connectivity index (χ4n) is 3.48. The molecule has 0 atom stereocenters. The van der Waals surface area contributed by atoms with Gasteiger partial charge in [0.2, 0.25) is 0 Å². The maximum atomic E-state index is 13.1. The smallest absolute Gasteiger partial charge is 0.277 e. The van der Waals surface area contributed by atoms with Gasteiger partial charge in [-0.2, -0.15) is 0 Å². The monoisotopic (exact) mass is 410 g/mol. The average Bonchev–Trinajstić information content (AvgIpc) is 3.20. The number of nitrogens with zero attached hydrogens (tertiary/aromatic N) is 2. The molecule has 0 spiro atoms. The first kappa shape index (κ1) is 20.2. The fraction of sp³-hybridized carbons (Fsp3) is 0.500. The topological polar surface area (TPSA) is 49.9 Å². The molecule has 1 saturated heterocycles. The maximum Gasteiger partial charge on any atom is 0.277 e. The van der Waals surface area contributed by atoms with Crippen LogP contribution < -0.4 is 0 Å². The summed E-state index contributed by atoms with van der Waals surface area (Å²) in [5.41, 5.74) is 1.40. The first-order valence-corrected chi connectivity index (χ1v) is 10.1. The molecular weight excluding hydrogens is 387 g/mol. The lowest BCUT2D eigenvalue weighted by molar-refractivity contribution is -0.137. The molecule has 2 aliphatic heterocycles. The number of hydrogen-bond acceptors (Lipinski definition) is 4. The Kier molecular flexibility index (Phi) is 6.45. The molecule has 0 unspecified atom stereocenters. The number of imide groups is 1. The maximum absolute atomic E-state index is 13.1.